The van der Waals surface area contributed by atoms with E-state index in [9.17, 15) is 0 Å². The summed E-state index contributed by atoms with van der Waals surface area (Å²) >= 11 is 0. The molecule has 3 heteroatoms. The van der Waals surface area contributed by atoms with Gasteiger partial charge in [-0.2, -0.15) is 0 Å². The maximum atomic E-state index is 5.67. The Balaban J connectivity index is 2.26. The predicted molar refractivity (Wildman–Crippen MR) is 60.0 cm³/mol. The summed E-state index contributed by atoms with van der Waals surface area (Å²) in [5.74, 6) is 0.892. The Labute approximate surface area is 90.7 Å². The molecule has 2 rings (SSSR count). The Morgan fingerprint density at radius 2 is 2.33 bits per heavy atom. The number of nitrogens with zero attached hydrogens (tertiary/aromatic N) is 1. The van der Waals surface area contributed by atoms with Gasteiger partial charge in [-0.1, -0.05) is 6.42 Å². The van der Waals surface area contributed by atoms with Crippen molar-refractivity contribution < 1.29 is 4.74 Å². The first-order valence-corrected chi connectivity index (χ1v) is 5.51. The molecule has 0 aromatic carbocycles. The van der Waals surface area contributed by atoms with Crippen LogP contribution < -0.4 is 10.5 Å². The molecule has 0 radical (unpaired) electrons. The highest BCUT2D eigenvalue weighted by atomic mass is 16.5. The van der Waals surface area contributed by atoms with Crippen molar-refractivity contribution in [3.05, 3.63) is 24.0 Å². The number of hydrogen-bond donors (Lipinski definition) is 1. The highest BCUT2D eigenvalue weighted by Crippen LogP contribution is 2.45. The number of methoxy groups -OCH3 is 1. The van der Waals surface area contributed by atoms with Gasteiger partial charge in [0.1, 0.15) is 5.75 Å². The molecule has 2 N–H and O–H groups in total. The SMILES string of the molecule is COc1ccnc(C2(CCN)CCC2)c1. The number of ether oxygens (including phenoxy) is 1. The molecule has 0 aliphatic heterocycles. The van der Waals surface area contributed by atoms with Crippen LogP contribution in [0, 0.1) is 0 Å². The second-order valence-corrected chi connectivity index (χ2v) is 4.25. The summed E-state index contributed by atoms with van der Waals surface area (Å²) in [6, 6.07) is 3.94. The van der Waals surface area contributed by atoms with Gasteiger partial charge in [0.2, 0.25) is 0 Å². The van der Waals surface area contributed by atoms with Crippen LogP contribution in [0.5, 0.6) is 5.75 Å². The minimum absolute atomic E-state index is 0.239. The Bertz CT molecular complexity index is 334. The van der Waals surface area contributed by atoms with E-state index in [-0.39, 0.29) is 5.41 Å². The van der Waals surface area contributed by atoms with Crippen molar-refractivity contribution in [1.82, 2.24) is 4.98 Å². The van der Waals surface area contributed by atoms with E-state index in [1.165, 1.54) is 19.3 Å². The van der Waals surface area contributed by atoms with E-state index in [4.69, 9.17) is 10.5 Å². The molecule has 1 aromatic heterocycles. The summed E-state index contributed by atoms with van der Waals surface area (Å²) in [5, 5.41) is 0. The Kier molecular flexibility index (Phi) is 2.91. The van der Waals surface area contributed by atoms with Crippen molar-refractivity contribution in [1.29, 1.82) is 0 Å². The molecule has 15 heavy (non-hydrogen) atoms. The summed E-state index contributed by atoms with van der Waals surface area (Å²) in [5.41, 5.74) is 7.06. The van der Waals surface area contributed by atoms with Crippen LogP contribution in [0.4, 0.5) is 0 Å². The van der Waals surface area contributed by atoms with Gasteiger partial charge in [-0.15, -0.1) is 0 Å². The van der Waals surface area contributed by atoms with Crippen LogP contribution in [0.15, 0.2) is 18.3 Å². The van der Waals surface area contributed by atoms with Gasteiger partial charge in [-0.25, -0.2) is 0 Å². The number of rotatable bonds is 4. The van der Waals surface area contributed by atoms with Gasteiger partial charge in [0.25, 0.3) is 0 Å². The lowest BCUT2D eigenvalue weighted by molar-refractivity contribution is 0.222. The molecule has 82 valence electrons. The van der Waals surface area contributed by atoms with E-state index in [1.807, 2.05) is 12.3 Å². The number of nitrogens with two attached hydrogens (primary N) is 1. The lowest BCUT2D eigenvalue weighted by atomic mass is 9.64. The molecule has 3 nitrogen and oxygen atoms in total. The van der Waals surface area contributed by atoms with Crippen LogP contribution in [-0.2, 0) is 5.41 Å². The Morgan fingerprint density at radius 1 is 1.53 bits per heavy atom. The van der Waals surface area contributed by atoms with E-state index in [1.54, 1.807) is 7.11 Å². The quantitative estimate of drug-likeness (QED) is 0.818. The molecule has 1 heterocycles. The molecule has 1 aliphatic carbocycles. The molecule has 0 bridgehead atoms. The minimum Gasteiger partial charge on any atom is -0.497 e. The van der Waals surface area contributed by atoms with Crippen LogP contribution >= 0.6 is 0 Å². The third kappa shape index (κ3) is 1.84. The minimum atomic E-state index is 0.239. The lowest BCUT2D eigenvalue weighted by Crippen LogP contribution is -2.37. The van der Waals surface area contributed by atoms with Crippen molar-refractivity contribution in [2.24, 2.45) is 5.73 Å². The zero-order valence-electron chi connectivity index (χ0n) is 9.20. The maximum absolute atomic E-state index is 5.67. The Hall–Kier alpha value is -1.09. The molecule has 1 saturated carbocycles. The summed E-state index contributed by atoms with van der Waals surface area (Å²) in [7, 11) is 1.69. The smallest absolute Gasteiger partial charge is 0.122 e. The van der Waals surface area contributed by atoms with E-state index >= 15 is 0 Å². The van der Waals surface area contributed by atoms with Crippen molar-refractivity contribution in [2.75, 3.05) is 13.7 Å². The van der Waals surface area contributed by atoms with E-state index < -0.39 is 0 Å². The molecule has 0 saturated heterocycles. The number of pyridine rings is 1. The zero-order valence-corrected chi connectivity index (χ0v) is 9.20. The van der Waals surface area contributed by atoms with Crippen LogP contribution in [0.1, 0.15) is 31.4 Å². The van der Waals surface area contributed by atoms with Crippen LogP contribution in [0.3, 0.4) is 0 Å². The van der Waals surface area contributed by atoms with Crippen LogP contribution in [0.25, 0.3) is 0 Å². The van der Waals surface area contributed by atoms with Gasteiger partial charge in [-0.3, -0.25) is 4.98 Å². The van der Waals surface area contributed by atoms with E-state index in [0.717, 1.165) is 24.4 Å². The van der Waals surface area contributed by atoms with Crippen molar-refractivity contribution in [3.63, 3.8) is 0 Å². The number of hydrogen-bond acceptors (Lipinski definition) is 3. The fourth-order valence-electron chi connectivity index (χ4n) is 2.34. The molecule has 0 amide bonds. The van der Waals surface area contributed by atoms with E-state index in [0.29, 0.717) is 0 Å². The summed E-state index contributed by atoms with van der Waals surface area (Å²) in [4.78, 5) is 4.46. The first kappa shape index (κ1) is 10.4. The topological polar surface area (TPSA) is 48.1 Å². The fraction of sp³-hybridized carbons (Fsp3) is 0.583. The van der Waals surface area contributed by atoms with E-state index in [2.05, 4.69) is 11.1 Å². The molecule has 0 spiro atoms. The average molecular weight is 206 g/mol. The molecule has 1 aliphatic rings. The first-order valence-electron chi connectivity index (χ1n) is 5.51. The molecular formula is C12H18N2O. The lowest BCUT2D eigenvalue weighted by Gasteiger charge is -2.41. The predicted octanol–water partition coefficient (Wildman–Crippen LogP) is 1.86. The summed E-state index contributed by atoms with van der Waals surface area (Å²) in [6.07, 6.45) is 6.57. The van der Waals surface area contributed by atoms with Gasteiger partial charge >= 0.3 is 0 Å². The summed E-state index contributed by atoms with van der Waals surface area (Å²) in [6.45, 7) is 0.735. The standard InChI is InChI=1S/C12H18N2O/c1-15-10-3-8-14-11(9-10)12(6-7-13)4-2-5-12/h3,8-9H,2,4-7,13H2,1H3. The van der Waals surface area contributed by atoms with Gasteiger partial charge in [0.05, 0.1) is 12.8 Å². The highest BCUT2D eigenvalue weighted by Gasteiger charge is 2.39. The van der Waals surface area contributed by atoms with Crippen LogP contribution in [0.2, 0.25) is 0 Å². The highest BCUT2D eigenvalue weighted by molar-refractivity contribution is 5.29. The molecule has 1 aromatic rings. The Morgan fingerprint density at radius 3 is 2.87 bits per heavy atom. The van der Waals surface area contributed by atoms with Crippen molar-refractivity contribution >= 4 is 0 Å². The van der Waals surface area contributed by atoms with Gasteiger partial charge in [-0.05, 0) is 31.9 Å². The molecular weight excluding hydrogens is 188 g/mol. The molecule has 0 unspecified atom stereocenters. The molecule has 0 atom stereocenters. The second-order valence-electron chi connectivity index (χ2n) is 4.25. The van der Waals surface area contributed by atoms with Gasteiger partial charge < -0.3 is 10.5 Å². The molecule has 1 fully saturated rings. The normalized spacial score (nSPS) is 18.3. The maximum Gasteiger partial charge on any atom is 0.122 e. The fourth-order valence-corrected chi connectivity index (χ4v) is 2.34. The zero-order chi connectivity index (χ0) is 10.7. The van der Waals surface area contributed by atoms with Crippen molar-refractivity contribution in [2.45, 2.75) is 31.1 Å². The van der Waals surface area contributed by atoms with Gasteiger partial charge in [0.15, 0.2) is 0 Å². The van der Waals surface area contributed by atoms with Crippen molar-refractivity contribution in [3.8, 4) is 5.75 Å². The largest absolute Gasteiger partial charge is 0.497 e. The van der Waals surface area contributed by atoms with Crippen LogP contribution in [-0.4, -0.2) is 18.6 Å². The average Bonchev–Trinajstić information content (AvgIpc) is 2.23. The summed E-state index contributed by atoms with van der Waals surface area (Å²) < 4.78 is 5.23. The third-order valence-corrected chi connectivity index (χ3v) is 3.44. The van der Waals surface area contributed by atoms with Gasteiger partial charge in [0, 0.05) is 17.7 Å². The monoisotopic (exact) mass is 206 g/mol. The second kappa shape index (κ2) is 4.19. The number of aromatic nitrogens is 1. The third-order valence-electron chi connectivity index (χ3n) is 3.44. The first-order chi connectivity index (χ1) is 7.30.